The highest BCUT2D eigenvalue weighted by molar-refractivity contribution is 9.10. The van der Waals surface area contributed by atoms with Crippen LogP contribution in [0.3, 0.4) is 0 Å². The molecule has 2 N–H and O–H groups in total. The molecule has 3 rings (SSSR count). The molecule has 0 saturated carbocycles. The Morgan fingerprint density at radius 2 is 2.09 bits per heavy atom. The molecule has 0 aliphatic carbocycles. The summed E-state index contributed by atoms with van der Waals surface area (Å²) in [5, 5.41) is 5.35. The Labute approximate surface area is 140 Å². The van der Waals surface area contributed by atoms with Crippen molar-refractivity contribution >= 4 is 37.5 Å². The van der Waals surface area contributed by atoms with Gasteiger partial charge in [-0.15, -0.1) is 11.3 Å². The maximum absolute atomic E-state index is 12.0. The molecular formula is C16H16BrN3OS. The molecule has 6 heteroatoms. The summed E-state index contributed by atoms with van der Waals surface area (Å²) in [7, 11) is 0. The summed E-state index contributed by atoms with van der Waals surface area (Å²) >= 11 is 4.87. The molecule has 0 saturated heterocycles. The average molecular weight is 378 g/mol. The third-order valence-electron chi connectivity index (χ3n) is 3.56. The topological polar surface area (TPSA) is 57.8 Å². The van der Waals surface area contributed by atoms with E-state index in [0.29, 0.717) is 17.1 Å². The molecule has 0 spiro atoms. The zero-order valence-electron chi connectivity index (χ0n) is 12.1. The highest BCUT2D eigenvalue weighted by atomic mass is 79.9. The molecule has 0 bridgehead atoms. The molecule has 0 unspecified atom stereocenters. The van der Waals surface area contributed by atoms with Crippen molar-refractivity contribution in [3.05, 3.63) is 61.9 Å². The standard InChI is InChI=1S/C16H16BrN3OS/c1-2-12(10-3-5-11(17)6-4-10)18-9-14-19-13-7-8-22-15(13)16(21)20-14/h3-8,12,18H,2,9H2,1H3,(H,19,20,21)/t12-/m1/s1. The van der Waals surface area contributed by atoms with Crippen molar-refractivity contribution in [2.75, 3.05) is 0 Å². The van der Waals surface area contributed by atoms with Gasteiger partial charge >= 0.3 is 0 Å². The molecule has 3 aromatic rings. The lowest BCUT2D eigenvalue weighted by Gasteiger charge is -2.17. The van der Waals surface area contributed by atoms with Crippen LogP contribution in [0.15, 0.2) is 45.0 Å². The van der Waals surface area contributed by atoms with Gasteiger partial charge < -0.3 is 10.3 Å². The van der Waals surface area contributed by atoms with E-state index in [9.17, 15) is 4.79 Å². The Bertz CT molecular complexity index is 825. The predicted octanol–water partition coefficient (Wildman–Crippen LogP) is 3.99. The first-order valence-electron chi connectivity index (χ1n) is 7.12. The molecule has 114 valence electrons. The zero-order chi connectivity index (χ0) is 15.5. The van der Waals surface area contributed by atoms with E-state index in [4.69, 9.17) is 0 Å². The number of hydrogen-bond acceptors (Lipinski definition) is 4. The van der Waals surface area contributed by atoms with Gasteiger partial charge in [-0.2, -0.15) is 0 Å². The molecule has 0 fully saturated rings. The van der Waals surface area contributed by atoms with E-state index in [1.807, 2.05) is 23.6 Å². The fraction of sp³-hybridized carbons (Fsp3) is 0.250. The second-order valence-electron chi connectivity index (χ2n) is 5.04. The third kappa shape index (κ3) is 3.29. The van der Waals surface area contributed by atoms with Gasteiger partial charge in [0, 0.05) is 10.5 Å². The lowest BCUT2D eigenvalue weighted by Crippen LogP contribution is -2.23. The lowest BCUT2D eigenvalue weighted by molar-refractivity contribution is 0.508. The first-order valence-corrected chi connectivity index (χ1v) is 8.80. The number of hydrogen-bond donors (Lipinski definition) is 2. The van der Waals surface area contributed by atoms with Crippen LogP contribution in [0.2, 0.25) is 0 Å². The highest BCUT2D eigenvalue weighted by Crippen LogP contribution is 2.20. The Hall–Kier alpha value is -1.50. The smallest absolute Gasteiger partial charge is 0.268 e. The molecule has 1 atom stereocenters. The number of aromatic amines is 1. The number of halogens is 1. The van der Waals surface area contributed by atoms with Crippen molar-refractivity contribution in [1.29, 1.82) is 0 Å². The van der Waals surface area contributed by atoms with Gasteiger partial charge in [-0.3, -0.25) is 4.79 Å². The molecule has 0 aliphatic rings. The molecule has 2 heterocycles. The number of fused-ring (bicyclic) bond motifs is 1. The van der Waals surface area contributed by atoms with Gasteiger partial charge in [0.1, 0.15) is 10.5 Å². The van der Waals surface area contributed by atoms with Crippen molar-refractivity contribution in [1.82, 2.24) is 15.3 Å². The summed E-state index contributed by atoms with van der Waals surface area (Å²) in [6.07, 6.45) is 0.965. The maximum Gasteiger partial charge on any atom is 0.268 e. The lowest BCUT2D eigenvalue weighted by atomic mass is 10.0. The Morgan fingerprint density at radius 3 is 2.82 bits per heavy atom. The summed E-state index contributed by atoms with van der Waals surface area (Å²) in [6, 6.07) is 10.4. The Balaban J connectivity index is 1.76. The van der Waals surface area contributed by atoms with Crippen molar-refractivity contribution in [2.45, 2.75) is 25.9 Å². The quantitative estimate of drug-likeness (QED) is 0.706. The number of benzene rings is 1. The number of nitrogens with one attached hydrogen (secondary N) is 2. The molecule has 2 aromatic heterocycles. The van der Waals surface area contributed by atoms with Crippen LogP contribution in [0.5, 0.6) is 0 Å². The number of H-pyrrole nitrogens is 1. The normalized spacial score (nSPS) is 12.6. The van der Waals surface area contributed by atoms with Crippen molar-refractivity contribution < 1.29 is 0 Å². The van der Waals surface area contributed by atoms with Crippen LogP contribution in [0.1, 0.15) is 30.8 Å². The van der Waals surface area contributed by atoms with E-state index in [2.05, 4.69) is 50.3 Å². The fourth-order valence-corrected chi connectivity index (χ4v) is 3.41. The minimum absolute atomic E-state index is 0.0616. The minimum atomic E-state index is -0.0616. The molecule has 22 heavy (non-hydrogen) atoms. The second kappa shape index (κ2) is 6.73. The van der Waals surface area contributed by atoms with E-state index in [1.165, 1.54) is 16.9 Å². The molecule has 0 radical (unpaired) electrons. The molecular weight excluding hydrogens is 362 g/mol. The van der Waals surface area contributed by atoms with Gasteiger partial charge in [0.25, 0.3) is 5.56 Å². The van der Waals surface area contributed by atoms with Crippen molar-refractivity contribution in [2.24, 2.45) is 0 Å². The summed E-state index contributed by atoms with van der Waals surface area (Å²) < 4.78 is 1.75. The van der Waals surface area contributed by atoms with Crippen LogP contribution < -0.4 is 10.9 Å². The largest absolute Gasteiger partial charge is 0.308 e. The average Bonchev–Trinajstić information content (AvgIpc) is 2.98. The Morgan fingerprint density at radius 1 is 1.32 bits per heavy atom. The second-order valence-corrected chi connectivity index (χ2v) is 6.87. The molecule has 1 aromatic carbocycles. The third-order valence-corrected chi connectivity index (χ3v) is 4.99. The van der Waals surface area contributed by atoms with E-state index >= 15 is 0 Å². The van der Waals surface area contributed by atoms with E-state index in [-0.39, 0.29) is 11.6 Å². The molecule has 0 amide bonds. The van der Waals surface area contributed by atoms with Crippen molar-refractivity contribution in [3.63, 3.8) is 0 Å². The monoisotopic (exact) mass is 377 g/mol. The first kappa shape index (κ1) is 15.4. The summed E-state index contributed by atoms with van der Waals surface area (Å²) in [4.78, 5) is 19.3. The van der Waals surface area contributed by atoms with Gasteiger partial charge in [0.05, 0.1) is 12.1 Å². The predicted molar refractivity (Wildman–Crippen MR) is 94.3 cm³/mol. The fourth-order valence-electron chi connectivity index (χ4n) is 2.42. The van der Waals surface area contributed by atoms with Gasteiger partial charge in [0.15, 0.2) is 0 Å². The van der Waals surface area contributed by atoms with Crippen LogP contribution in [0.25, 0.3) is 10.2 Å². The highest BCUT2D eigenvalue weighted by Gasteiger charge is 2.10. The number of aromatic nitrogens is 2. The van der Waals surface area contributed by atoms with Crippen LogP contribution in [-0.4, -0.2) is 9.97 Å². The molecule has 0 aliphatic heterocycles. The van der Waals surface area contributed by atoms with Crippen LogP contribution >= 0.6 is 27.3 Å². The van der Waals surface area contributed by atoms with Crippen LogP contribution in [-0.2, 0) is 6.54 Å². The maximum atomic E-state index is 12.0. The summed E-state index contributed by atoms with van der Waals surface area (Å²) in [5.41, 5.74) is 1.93. The summed E-state index contributed by atoms with van der Waals surface area (Å²) in [6.45, 7) is 2.67. The van der Waals surface area contributed by atoms with Crippen molar-refractivity contribution in [3.8, 4) is 0 Å². The van der Waals surface area contributed by atoms with Gasteiger partial charge in [-0.1, -0.05) is 35.0 Å². The summed E-state index contributed by atoms with van der Waals surface area (Å²) in [5.74, 6) is 0.673. The number of rotatable bonds is 5. The SMILES string of the molecule is CC[C@@H](NCc1nc2ccsc2c(=O)[nH]1)c1ccc(Br)cc1. The van der Waals surface area contributed by atoms with Crippen LogP contribution in [0, 0.1) is 0 Å². The first-order chi connectivity index (χ1) is 10.7. The zero-order valence-corrected chi connectivity index (χ0v) is 14.5. The van der Waals surface area contributed by atoms with Gasteiger partial charge in [-0.05, 0) is 35.6 Å². The molecule has 4 nitrogen and oxygen atoms in total. The van der Waals surface area contributed by atoms with Gasteiger partial charge in [-0.25, -0.2) is 4.98 Å². The van der Waals surface area contributed by atoms with Gasteiger partial charge in [0.2, 0.25) is 0 Å². The minimum Gasteiger partial charge on any atom is -0.308 e. The number of nitrogens with zero attached hydrogens (tertiary/aromatic N) is 1. The van der Waals surface area contributed by atoms with E-state index in [0.717, 1.165) is 16.4 Å². The van der Waals surface area contributed by atoms with Crippen LogP contribution in [0.4, 0.5) is 0 Å². The van der Waals surface area contributed by atoms with E-state index in [1.54, 1.807) is 0 Å². The number of thiophene rings is 1. The Kier molecular flexibility index (Phi) is 4.71. The van der Waals surface area contributed by atoms with E-state index < -0.39 is 0 Å².